The molecule has 6 N–H and O–H groups in total. The fourth-order valence-corrected chi connectivity index (χ4v) is 8.82. The number of esters is 1. The van der Waals surface area contributed by atoms with Gasteiger partial charge in [-0.15, -0.1) is 0 Å². The number of amides is 2. The molecule has 1 aromatic carbocycles. The van der Waals surface area contributed by atoms with E-state index in [4.69, 9.17) is 23.1 Å². The third kappa shape index (κ3) is 14.9. The number of carbonyl (C=O) groups is 3. The van der Waals surface area contributed by atoms with Gasteiger partial charge >= 0.3 is 17.8 Å². The Morgan fingerprint density at radius 1 is 0.841 bits per heavy atom. The molecule has 8 atom stereocenters. The fraction of sp³-hybridized carbons (Fsp3) is 0.705. The number of hydrogen-bond acceptors (Lipinski definition) is 13. The van der Waals surface area contributed by atoms with Gasteiger partial charge in [0.2, 0.25) is 5.91 Å². The van der Waals surface area contributed by atoms with Crippen molar-refractivity contribution in [2.24, 2.45) is 5.92 Å². The molecule has 1 aromatic heterocycles. The molecule has 0 radical (unpaired) electrons. The first-order chi connectivity index (χ1) is 28.9. The maximum absolute atomic E-state index is 14.0. The normalized spacial score (nSPS) is 20.7. The molecule has 2 aromatic rings. The van der Waals surface area contributed by atoms with Crippen LogP contribution in [0.25, 0.3) is 0 Å². The van der Waals surface area contributed by atoms with Crippen LogP contribution in [0, 0.1) is 5.92 Å². The predicted octanol–water partition coefficient (Wildman–Crippen LogP) is 4.69. The Morgan fingerprint density at radius 3 is 1.94 bits per heavy atom. The zero-order valence-corrected chi connectivity index (χ0v) is 42.0. The SMILES string of the molecule is CC(C)[C@H](O)[C@H](NC(=O)OCc1ccccc1)C(=O)NCCCN[C@H](C(=O)OC(C)(C)C)[C@@H](O)C1O[C@@H](n2ccc(=O)[nH]c2=O)[C@H](O[Si](C)(C)C(C)(C)C)[C@@H]1O[Si](C)(C)C(C)(C)C. The van der Waals surface area contributed by atoms with Crippen LogP contribution < -0.4 is 27.2 Å². The van der Waals surface area contributed by atoms with Gasteiger partial charge in [0.05, 0.1) is 6.10 Å². The first-order valence-corrected chi connectivity index (χ1v) is 27.6. The molecule has 2 amide bonds. The Morgan fingerprint density at radius 2 is 1.41 bits per heavy atom. The molecule has 1 unspecified atom stereocenters. The third-order valence-electron chi connectivity index (χ3n) is 12.0. The number of nitrogens with one attached hydrogen (secondary N) is 4. The van der Waals surface area contributed by atoms with Crippen LogP contribution in [0.15, 0.2) is 52.2 Å². The van der Waals surface area contributed by atoms with Crippen LogP contribution >= 0.6 is 0 Å². The number of carbonyl (C=O) groups excluding carboxylic acids is 3. The highest BCUT2D eigenvalue weighted by atomic mass is 28.4. The van der Waals surface area contributed by atoms with E-state index in [-0.39, 0.29) is 42.1 Å². The maximum atomic E-state index is 14.0. The van der Waals surface area contributed by atoms with E-state index in [1.807, 2.05) is 19.2 Å². The highest BCUT2D eigenvalue weighted by molar-refractivity contribution is 6.74. The summed E-state index contributed by atoms with van der Waals surface area (Å²) in [6, 6.07) is 7.51. The summed E-state index contributed by atoms with van der Waals surface area (Å²) >= 11 is 0. The van der Waals surface area contributed by atoms with Gasteiger partial charge in [0.1, 0.15) is 48.7 Å². The molecule has 63 heavy (non-hydrogen) atoms. The lowest BCUT2D eigenvalue weighted by molar-refractivity contribution is -0.166. The third-order valence-corrected chi connectivity index (χ3v) is 20.9. The largest absolute Gasteiger partial charge is 0.459 e. The van der Waals surface area contributed by atoms with Crippen molar-refractivity contribution in [3.8, 4) is 0 Å². The number of rotatable bonds is 19. The number of H-pyrrole nitrogens is 1. The van der Waals surface area contributed by atoms with E-state index < -0.39 is 100 Å². The number of hydrogen-bond donors (Lipinski definition) is 6. The number of aliphatic hydroxyl groups is 2. The van der Waals surface area contributed by atoms with Crippen LogP contribution in [0.3, 0.4) is 0 Å². The van der Waals surface area contributed by atoms with Gasteiger partial charge in [-0.2, -0.15) is 0 Å². The van der Waals surface area contributed by atoms with Crippen LogP contribution in [-0.4, -0.2) is 116 Å². The van der Waals surface area contributed by atoms with Gasteiger partial charge in [-0.3, -0.25) is 23.9 Å². The summed E-state index contributed by atoms with van der Waals surface area (Å²) in [4.78, 5) is 68.0. The first-order valence-electron chi connectivity index (χ1n) is 21.8. The fourth-order valence-electron chi connectivity index (χ4n) is 6.23. The summed E-state index contributed by atoms with van der Waals surface area (Å²) in [6.07, 6.45) is -6.57. The van der Waals surface area contributed by atoms with E-state index in [0.717, 1.165) is 5.56 Å². The van der Waals surface area contributed by atoms with E-state index in [2.05, 4.69) is 75.6 Å². The quantitative estimate of drug-likeness (QED) is 0.0639. The van der Waals surface area contributed by atoms with Gasteiger partial charge in [-0.25, -0.2) is 9.59 Å². The number of ether oxygens (including phenoxy) is 3. The van der Waals surface area contributed by atoms with E-state index in [1.54, 1.807) is 58.9 Å². The summed E-state index contributed by atoms with van der Waals surface area (Å²) in [6.45, 7) is 29.3. The van der Waals surface area contributed by atoms with Gasteiger partial charge in [-0.05, 0) is 81.5 Å². The molecule has 1 aliphatic rings. The molecule has 17 nitrogen and oxygen atoms in total. The maximum Gasteiger partial charge on any atom is 0.408 e. The van der Waals surface area contributed by atoms with E-state index in [1.165, 1.54) is 16.8 Å². The molecule has 1 aliphatic heterocycles. The van der Waals surface area contributed by atoms with Crippen molar-refractivity contribution in [1.82, 2.24) is 25.5 Å². The molecule has 3 rings (SSSR count). The smallest absolute Gasteiger partial charge is 0.408 e. The summed E-state index contributed by atoms with van der Waals surface area (Å²) < 4.78 is 33.1. The lowest BCUT2D eigenvalue weighted by atomic mass is 9.99. The summed E-state index contributed by atoms with van der Waals surface area (Å²) in [5.74, 6) is -1.80. The molecule has 0 aliphatic carbocycles. The Labute approximate surface area is 374 Å². The lowest BCUT2D eigenvalue weighted by Gasteiger charge is -2.44. The van der Waals surface area contributed by atoms with E-state index >= 15 is 0 Å². The number of aromatic nitrogens is 2. The van der Waals surface area contributed by atoms with Gasteiger partial charge in [-0.1, -0.05) is 85.7 Å². The molecule has 0 bridgehead atoms. The molecule has 19 heteroatoms. The second kappa shape index (κ2) is 21.5. The van der Waals surface area contributed by atoms with Crippen LogP contribution in [-0.2, 0) is 39.3 Å². The average Bonchev–Trinajstić information content (AvgIpc) is 3.48. The van der Waals surface area contributed by atoms with Crippen molar-refractivity contribution in [3.05, 3.63) is 69.0 Å². The van der Waals surface area contributed by atoms with Gasteiger partial charge in [0.15, 0.2) is 22.9 Å². The Hall–Kier alpha value is -3.70. The molecule has 1 fully saturated rings. The molecule has 1 saturated heterocycles. The number of nitrogens with zero attached hydrogens (tertiary/aromatic N) is 1. The molecule has 2 heterocycles. The molecule has 0 spiro atoms. The Bertz CT molecular complexity index is 1940. The topological polar surface area (TPSA) is 229 Å². The number of benzene rings is 1. The van der Waals surface area contributed by atoms with Crippen LogP contribution in [0.2, 0.25) is 36.3 Å². The van der Waals surface area contributed by atoms with Crippen molar-refractivity contribution in [2.45, 2.75) is 180 Å². The minimum absolute atomic E-state index is 0.0270. The lowest BCUT2D eigenvalue weighted by Crippen LogP contribution is -2.59. The molecule has 356 valence electrons. The zero-order valence-electron chi connectivity index (χ0n) is 40.0. The first kappa shape index (κ1) is 53.6. The van der Waals surface area contributed by atoms with Crippen molar-refractivity contribution >= 4 is 34.6 Å². The predicted molar refractivity (Wildman–Crippen MR) is 245 cm³/mol. The monoisotopic (exact) mass is 921 g/mol. The standard InChI is InChI=1S/C44H75N5O12Si2/c1-27(2)32(51)30(48-41(56)57-26-28-20-17-16-18-21-28)37(53)46-24-19-23-45-31(39(54)59-42(3,4)5)33(52)34-35(60-62(12,13)43(6,7)8)36(61-63(14,15)44(9,10)11)38(58-34)49-25-22-29(50)47-40(49)55/h16-18,20-22,25,27,30-36,38,45,51-52H,19,23-24,26H2,1-15H3,(H,46,53)(H,48,56)(H,47,50,55)/t30-,31-,32-,33+,34?,35+,36+,38+/m0/s1. The Balaban J connectivity index is 1.93. The number of aliphatic hydroxyl groups excluding tert-OH is 2. The van der Waals surface area contributed by atoms with Gasteiger partial charge < -0.3 is 49.2 Å². The van der Waals surface area contributed by atoms with E-state index in [0.29, 0.717) is 0 Å². The average molecular weight is 922 g/mol. The van der Waals surface area contributed by atoms with Crippen LogP contribution in [0.4, 0.5) is 4.79 Å². The van der Waals surface area contributed by atoms with Gasteiger partial charge in [0, 0.05) is 18.8 Å². The number of aromatic amines is 1. The van der Waals surface area contributed by atoms with Gasteiger partial charge in [0.25, 0.3) is 5.56 Å². The highest BCUT2D eigenvalue weighted by Gasteiger charge is 2.57. The molecule has 0 saturated carbocycles. The minimum atomic E-state index is -2.71. The second-order valence-corrected chi connectivity index (χ2v) is 30.2. The number of alkyl carbamates (subject to hydrolysis) is 1. The minimum Gasteiger partial charge on any atom is -0.459 e. The van der Waals surface area contributed by atoms with E-state index in [9.17, 15) is 34.2 Å². The summed E-state index contributed by atoms with van der Waals surface area (Å²) in [5.41, 5.74) is -1.54. The zero-order chi connectivity index (χ0) is 47.9. The Kier molecular flexibility index (Phi) is 18.3. The van der Waals surface area contributed by atoms with Crippen molar-refractivity contribution in [1.29, 1.82) is 0 Å². The van der Waals surface area contributed by atoms with Crippen molar-refractivity contribution < 1.29 is 47.7 Å². The molecular weight excluding hydrogens is 847 g/mol. The summed E-state index contributed by atoms with van der Waals surface area (Å²) in [5, 5.41) is 31.1. The van der Waals surface area contributed by atoms with Crippen LogP contribution in [0.5, 0.6) is 0 Å². The summed E-state index contributed by atoms with van der Waals surface area (Å²) in [7, 11) is -5.38. The van der Waals surface area contributed by atoms with Crippen molar-refractivity contribution in [2.75, 3.05) is 13.1 Å². The second-order valence-electron chi connectivity index (χ2n) is 20.7. The van der Waals surface area contributed by atoms with Crippen molar-refractivity contribution in [3.63, 3.8) is 0 Å². The highest BCUT2D eigenvalue weighted by Crippen LogP contribution is 2.46. The molecular formula is C44H75N5O12Si2. The van der Waals surface area contributed by atoms with Crippen LogP contribution in [0.1, 0.15) is 94.4 Å².